The van der Waals surface area contributed by atoms with Crippen LogP contribution in [0.15, 0.2) is 24.3 Å². The van der Waals surface area contributed by atoms with Crippen molar-refractivity contribution in [3.63, 3.8) is 0 Å². The molecule has 0 spiro atoms. The van der Waals surface area contributed by atoms with Gasteiger partial charge in [-0.1, -0.05) is 18.6 Å². The van der Waals surface area contributed by atoms with Crippen LogP contribution in [0.2, 0.25) is 0 Å². The topological polar surface area (TPSA) is 52.7 Å². The fraction of sp³-hybridized carbons (Fsp3) is 0.600. The molecular weight excluding hydrogens is 333 g/mol. The van der Waals surface area contributed by atoms with Gasteiger partial charge in [-0.05, 0) is 44.4 Å². The number of likely N-dealkylation sites (tertiary alicyclic amines) is 2. The number of benzene rings is 1. The highest BCUT2D eigenvalue weighted by molar-refractivity contribution is 5.90. The van der Waals surface area contributed by atoms with Gasteiger partial charge < -0.3 is 10.2 Å². The highest BCUT2D eigenvalue weighted by Gasteiger charge is 2.26. The largest absolute Gasteiger partial charge is 0.343 e. The Hall–Kier alpha value is -1.95. The van der Waals surface area contributed by atoms with Gasteiger partial charge in [-0.15, -0.1) is 0 Å². The number of rotatable bonds is 7. The molecule has 2 aliphatic rings. The summed E-state index contributed by atoms with van der Waals surface area (Å²) in [5.41, 5.74) is 0.236. The molecule has 1 atom stereocenters. The number of carbonyl (C=O) groups excluding carboxylic acids is 2. The maximum Gasteiger partial charge on any atom is 0.225 e. The molecule has 2 heterocycles. The summed E-state index contributed by atoms with van der Waals surface area (Å²) in [6.45, 7) is 3.38. The van der Waals surface area contributed by atoms with Gasteiger partial charge in [0.05, 0.1) is 5.69 Å². The zero-order valence-electron chi connectivity index (χ0n) is 15.3. The van der Waals surface area contributed by atoms with Crippen LogP contribution in [0.1, 0.15) is 44.9 Å². The number of anilines is 1. The van der Waals surface area contributed by atoms with Crippen molar-refractivity contribution in [1.29, 1.82) is 0 Å². The fourth-order valence-electron chi connectivity index (χ4n) is 3.95. The van der Waals surface area contributed by atoms with E-state index >= 15 is 0 Å². The Bertz CT molecular complexity index is 637. The highest BCUT2D eigenvalue weighted by Crippen LogP contribution is 2.22. The van der Waals surface area contributed by atoms with Crippen molar-refractivity contribution in [2.75, 3.05) is 31.5 Å². The first-order valence-corrected chi connectivity index (χ1v) is 9.69. The summed E-state index contributed by atoms with van der Waals surface area (Å²) in [5.74, 6) is -0.294. The summed E-state index contributed by atoms with van der Waals surface area (Å²) >= 11 is 0. The van der Waals surface area contributed by atoms with Crippen LogP contribution in [0.25, 0.3) is 0 Å². The van der Waals surface area contributed by atoms with Gasteiger partial charge in [-0.3, -0.25) is 14.5 Å². The van der Waals surface area contributed by atoms with Crippen LogP contribution in [0.5, 0.6) is 0 Å². The monoisotopic (exact) mass is 361 g/mol. The van der Waals surface area contributed by atoms with Gasteiger partial charge in [-0.2, -0.15) is 0 Å². The van der Waals surface area contributed by atoms with E-state index in [-0.39, 0.29) is 17.5 Å². The van der Waals surface area contributed by atoms with Crippen LogP contribution in [-0.4, -0.2) is 53.8 Å². The fourth-order valence-corrected chi connectivity index (χ4v) is 3.95. The predicted molar refractivity (Wildman–Crippen MR) is 99.3 cm³/mol. The second kappa shape index (κ2) is 9.12. The Kier molecular flexibility index (Phi) is 6.61. The average Bonchev–Trinajstić information content (AvgIpc) is 3.06. The van der Waals surface area contributed by atoms with Crippen LogP contribution >= 0.6 is 0 Å². The van der Waals surface area contributed by atoms with Crippen LogP contribution in [0, 0.1) is 5.82 Å². The van der Waals surface area contributed by atoms with Crippen molar-refractivity contribution in [2.24, 2.45) is 0 Å². The maximum atomic E-state index is 13.6. The molecule has 0 saturated carbocycles. The normalized spacial score (nSPS) is 21.2. The van der Waals surface area contributed by atoms with E-state index < -0.39 is 5.82 Å². The molecule has 2 fully saturated rings. The van der Waals surface area contributed by atoms with Crippen LogP contribution in [0.3, 0.4) is 0 Å². The van der Waals surface area contributed by atoms with E-state index in [0.717, 1.165) is 45.3 Å². The van der Waals surface area contributed by atoms with E-state index in [4.69, 9.17) is 0 Å². The van der Waals surface area contributed by atoms with Gasteiger partial charge >= 0.3 is 0 Å². The SMILES string of the molecule is O=C(CCN1CCCCC1CCN1CCCC1=O)Nc1ccccc1F. The van der Waals surface area contributed by atoms with E-state index in [1.165, 1.54) is 12.5 Å². The number of hydrogen-bond donors (Lipinski definition) is 1. The quantitative estimate of drug-likeness (QED) is 0.812. The third kappa shape index (κ3) is 5.04. The van der Waals surface area contributed by atoms with Crippen LogP contribution in [0.4, 0.5) is 10.1 Å². The van der Waals surface area contributed by atoms with Crippen molar-refractivity contribution in [1.82, 2.24) is 9.80 Å². The summed E-state index contributed by atoms with van der Waals surface area (Å²) in [6.07, 6.45) is 6.46. The number of piperidine rings is 1. The van der Waals surface area contributed by atoms with Gasteiger partial charge in [0.25, 0.3) is 0 Å². The Labute approximate surface area is 154 Å². The molecule has 6 heteroatoms. The molecule has 0 aliphatic carbocycles. The number of nitrogens with one attached hydrogen (secondary N) is 1. The average molecular weight is 361 g/mol. The number of para-hydroxylation sites is 1. The third-order valence-electron chi connectivity index (χ3n) is 5.43. The lowest BCUT2D eigenvalue weighted by molar-refractivity contribution is -0.127. The van der Waals surface area contributed by atoms with Crippen molar-refractivity contribution in [3.05, 3.63) is 30.1 Å². The van der Waals surface area contributed by atoms with Crippen molar-refractivity contribution in [2.45, 2.75) is 51.0 Å². The van der Waals surface area contributed by atoms with E-state index in [2.05, 4.69) is 10.2 Å². The first-order valence-electron chi connectivity index (χ1n) is 9.69. The lowest BCUT2D eigenvalue weighted by Crippen LogP contribution is -2.43. The number of amides is 2. The Balaban J connectivity index is 1.46. The Morgan fingerprint density at radius 2 is 2.00 bits per heavy atom. The van der Waals surface area contributed by atoms with Crippen LogP contribution in [-0.2, 0) is 9.59 Å². The van der Waals surface area contributed by atoms with Crippen LogP contribution < -0.4 is 5.32 Å². The van der Waals surface area contributed by atoms with Crippen molar-refractivity contribution in [3.8, 4) is 0 Å². The minimum Gasteiger partial charge on any atom is -0.343 e. The molecule has 1 aromatic rings. The van der Waals surface area contributed by atoms with Crippen molar-refractivity contribution < 1.29 is 14.0 Å². The molecule has 1 aromatic carbocycles. The van der Waals surface area contributed by atoms with Gasteiger partial charge in [0.15, 0.2) is 0 Å². The molecule has 2 aliphatic heterocycles. The molecule has 1 N–H and O–H groups in total. The molecule has 26 heavy (non-hydrogen) atoms. The zero-order valence-corrected chi connectivity index (χ0v) is 15.3. The van der Waals surface area contributed by atoms with Gasteiger partial charge in [0.1, 0.15) is 5.82 Å². The first-order chi connectivity index (χ1) is 12.6. The Morgan fingerprint density at radius 1 is 1.15 bits per heavy atom. The highest BCUT2D eigenvalue weighted by atomic mass is 19.1. The minimum atomic E-state index is -0.410. The molecular formula is C20H28FN3O2. The summed E-state index contributed by atoms with van der Waals surface area (Å²) in [4.78, 5) is 28.3. The molecule has 2 saturated heterocycles. The second-order valence-corrected chi connectivity index (χ2v) is 7.24. The number of halogens is 1. The van der Waals surface area contributed by atoms with Gasteiger partial charge in [0, 0.05) is 38.5 Å². The zero-order chi connectivity index (χ0) is 18.4. The Morgan fingerprint density at radius 3 is 2.77 bits per heavy atom. The molecule has 0 aromatic heterocycles. The first kappa shape index (κ1) is 18.8. The molecule has 142 valence electrons. The molecule has 0 radical (unpaired) electrons. The lowest BCUT2D eigenvalue weighted by Gasteiger charge is -2.36. The van der Waals surface area contributed by atoms with E-state index in [9.17, 15) is 14.0 Å². The number of carbonyl (C=O) groups is 2. The minimum absolute atomic E-state index is 0.158. The second-order valence-electron chi connectivity index (χ2n) is 7.24. The summed E-state index contributed by atoms with van der Waals surface area (Å²) in [5, 5.41) is 2.65. The summed E-state index contributed by atoms with van der Waals surface area (Å²) in [6, 6.07) is 6.66. The van der Waals surface area contributed by atoms with E-state index in [0.29, 0.717) is 25.4 Å². The molecule has 3 rings (SSSR count). The number of hydrogen-bond acceptors (Lipinski definition) is 3. The third-order valence-corrected chi connectivity index (χ3v) is 5.43. The summed E-state index contributed by atoms with van der Waals surface area (Å²) in [7, 11) is 0. The lowest BCUT2D eigenvalue weighted by atomic mass is 9.99. The molecule has 1 unspecified atom stereocenters. The van der Waals surface area contributed by atoms with Crippen molar-refractivity contribution >= 4 is 17.5 Å². The smallest absolute Gasteiger partial charge is 0.225 e. The van der Waals surface area contributed by atoms with Gasteiger partial charge in [0.2, 0.25) is 11.8 Å². The predicted octanol–water partition coefficient (Wildman–Crippen LogP) is 3.02. The maximum absolute atomic E-state index is 13.6. The standard InChI is InChI=1S/C20H28FN3O2/c21-17-7-1-2-8-18(17)22-19(25)11-15-23-12-4-3-6-16(23)10-14-24-13-5-9-20(24)26/h1-2,7-8,16H,3-6,9-15H2,(H,22,25). The molecule has 2 amide bonds. The number of nitrogens with zero attached hydrogens (tertiary/aromatic N) is 2. The van der Waals surface area contributed by atoms with E-state index in [1.54, 1.807) is 18.2 Å². The van der Waals surface area contributed by atoms with E-state index in [1.807, 2.05) is 4.90 Å². The summed E-state index contributed by atoms with van der Waals surface area (Å²) < 4.78 is 13.6. The van der Waals surface area contributed by atoms with Gasteiger partial charge in [-0.25, -0.2) is 4.39 Å². The molecule has 5 nitrogen and oxygen atoms in total. The molecule has 0 bridgehead atoms.